The normalized spacial score (nSPS) is 11.7. The molecular weight excluding hydrogens is 252 g/mol. The number of halogens is 3. The van der Waals surface area contributed by atoms with Crippen LogP contribution in [0.25, 0.3) is 0 Å². The highest BCUT2D eigenvalue weighted by molar-refractivity contribution is 7.86. The van der Waals surface area contributed by atoms with Crippen molar-refractivity contribution in [2.75, 3.05) is 0 Å². The highest BCUT2D eigenvalue weighted by Gasteiger charge is 2.36. The van der Waals surface area contributed by atoms with E-state index in [0.717, 1.165) is 0 Å². The van der Waals surface area contributed by atoms with Crippen LogP contribution in [0, 0.1) is 0 Å². The molecule has 0 amide bonds. The largest absolute Gasteiger partial charge is 0.741 e. The Morgan fingerprint density at radius 1 is 1.13 bits per heavy atom. The first kappa shape index (κ1) is 14.3. The van der Waals surface area contributed by atoms with Crippen LogP contribution in [-0.4, -0.2) is 18.5 Å². The average molecular weight is 260 g/mol. The summed E-state index contributed by atoms with van der Waals surface area (Å²) >= 11 is 0. The van der Waals surface area contributed by atoms with Gasteiger partial charge in [-0.15, -0.1) is 0 Å². The smallest absolute Gasteiger partial charge is 0.485 e. The Morgan fingerprint density at radius 2 is 1.47 bits per heavy atom. The Labute approximate surface area is 87.3 Å². The summed E-state index contributed by atoms with van der Waals surface area (Å²) in [5, 5.41) is 1.35. The fourth-order valence-electron chi connectivity index (χ4n) is 0.478. The number of hydrogen-bond donors (Lipinski definition) is 0. The molecule has 1 unspecified atom stereocenters. The molecule has 0 aliphatic carbocycles. The molecule has 0 heterocycles. The standard InChI is InChI=1S/C6H7P.CHF3O3S/c7-6-4-2-1-3-5-6;2-1(3,4)8(5,6)7/h1-5H,7H2;(H,5,6,7). The van der Waals surface area contributed by atoms with E-state index in [1.54, 1.807) is 0 Å². The van der Waals surface area contributed by atoms with Gasteiger partial charge in [-0.25, -0.2) is 8.42 Å². The Kier molecular flexibility index (Phi) is 5.20. The molecule has 1 aromatic rings. The van der Waals surface area contributed by atoms with Crippen LogP contribution in [0.15, 0.2) is 30.3 Å². The Bertz CT molecular complexity index is 388. The molecule has 8 heteroatoms. The van der Waals surface area contributed by atoms with Crippen molar-refractivity contribution in [3.8, 4) is 0 Å². The van der Waals surface area contributed by atoms with Crippen molar-refractivity contribution in [2.45, 2.75) is 5.51 Å². The van der Waals surface area contributed by atoms with E-state index < -0.39 is 15.6 Å². The molecule has 0 aliphatic rings. The van der Waals surface area contributed by atoms with Crippen LogP contribution in [0.2, 0.25) is 0 Å². The fourth-order valence-corrected chi connectivity index (χ4v) is 0.750. The first-order valence-corrected chi connectivity index (χ1v) is 5.65. The van der Waals surface area contributed by atoms with Crippen molar-refractivity contribution >= 4 is 24.7 Å². The van der Waals surface area contributed by atoms with E-state index >= 15 is 0 Å². The molecule has 0 bridgehead atoms. The topological polar surface area (TPSA) is 57.2 Å². The second kappa shape index (κ2) is 5.44. The van der Waals surface area contributed by atoms with Gasteiger partial charge in [0.05, 0.1) is 5.30 Å². The molecule has 3 nitrogen and oxygen atoms in total. The maximum Gasteiger partial charge on any atom is 0.485 e. The van der Waals surface area contributed by atoms with Gasteiger partial charge in [0.2, 0.25) is 0 Å². The maximum absolute atomic E-state index is 10.7. The van der Waals surface area contributed by atoms with E-state index in [1.807, 2.05) is 27.4 Å². The van der Waals surface area contributed by atoms with E-state index in [-0.39, 0.29) is 0 Å². The molecule has 0 saturated heterocycles. The quantitative estimate of drug-likeness (QED) is 0.397. The lowest BCUT2D eigenvalue weighted by molar-refractivity contribution is -0.0517. The Hall–Kier alpha value is -0.650. The average Bonchev–Trinajstić information content (AvgIpc) is 2.02. The van der Waals surface area contributed by atoms with E-state index in [2.05, 4.69) is 12.1 Å². The molecule has 86 valence electrons. The first-order valence-electron chi connectivity index (χ1n) is 3.54. The SMILES string of the molecule is O=S(=O)([O-])C(F)(F)F.[PH3+]c1ccccc1. The third kappa shape index (κ3) is 6.43. The van der Waals surface area contributed by atoms with Gasteiger partial charge in [0.25, 0.3) is 0 Å². The molecule has 0 N–H and O–H groups in total. The fraction of sp³-hybridized carbons (Fsp3) is 0.143. The van der Waals surface area contributed by atoms with Crippen molar-refractivity contribution in [3.63, 3.8) is 0 Å². The van der Waals surface area contributed by atoms with Gasteiger partial charge < -0.3 is 4.55 Å². The summed E-state index contributed by atoms with van der Waals surface area (Å²) in [6.45, 7) is 0. The second-order valence-corrected chi connectivity index (χ2v) is 4.57. The molecule has 15 heavy (non-hydrogen) atoms. The predicted molar refractivity (Wildman–Crippen MR) is 52.9 cm³/mol. The van der Waals surface area contributed by atoms with Gasteiger partial charge in [-0.3, -0.25) is 0 Å². The zero-order valence-corrected chi connectivity index (χ0v) is 9.59. The number of rotatable bonds is 0. The molecular formula is C7H8F3O3PS. The summed E-state index contributed by atoms with van der Waals surface area (Å²) in [6, 6.07) is 10.3. The van der Waals surface area contributed by atoms with Crippen molar-refractivity contribution in [1.82, 2.24) is 0 Å². The van der Waals surface area contributed by atoms with Gasteiger partial charge in [0.1, 0.15) is 0 Å². The van der Waals surface area contributed by atoms with Crippen LogP contribution < -0.4 is 5.30 Å². The van der Waals surface area contributed by atoms with Gasteiger partial charge in [-0.05, 0) is 12.1 Å². The van der Waals surface area contributed by atoms with Gasteiger partial charge in [0.15, 0.2) is 10.1 Å². The Balaban J connectivity index is 0.000000262. The lowest BCUT2D eigenvalue weighted by Crippen LogP contribution is -2.21. The molecule has 0 fully saturated rings. The van der Waals surface area contributed by atoms with Crippen LogP contribution in [-0.2, 0) is 10.1 Å². The van der Waals surface area contributed by atoms with E-state index in [4.69, 9.17) is 13.0 Å². The van der Waals surface area contributed by atoms with Crippen molar-refractivity contribution in [1.29, 1.82) is 0 Å². The van der Waals surface area contributed by atoms with Gasteiger partial charge in [0, 0.05) is 9.24 Å². The maximum atomic E-state index is 10.7. The molecule has 0 radical (unpaired) electrons. The molecule has 0 aliphatic heterocycles. The lowest BCUT2D eigenvalue weighted by Gasteiger charge is -2.08. The molecule has 1 rings (SSSR count). The third-order valence-electron chi connectivity index (χ3n) is 1.13. The number of hydrogen-bond acceptors (Lipinski definition) is 3. The molecule has 0 aromatic heterocycles. The summed E-state index contributed by atoms with van der Waals surface area (Å²) in [5.74, 6) is 0. The van der Waals surface area contributed by atoms with Crippen LogP contribution in [0.4, 0.5) is 13.2 Å². The Morgan fingerprint density at radius 3 is 1.60 bits per heavy atom. The van der Waals surface area contributed by atoms with Gasteiger partial charge >= 0.3 is 5.51 Å². The van der Waals surface area contributed by atoms with E-state index in [1.165, 1.54) is 5.30 Å². The van der Waals surface area contributed by atoms with Crippen LogP contribution in [0.5, 0.6) is 0 Å². The summed E-state index contributed by atoms with van der Waals surface area (Å²) in [5.41, 5.74) is -5.65. The van der Waals surface area contributed by atoms with E-state index in [0.29, 0.717) is 0 Å². The highest BCUT2D eigenvalue weighted by Crippen LogP contribution is 2.20. The minimum absolute atomic E-state index is 1.35. The van der Waals surface area contributed by atoms with Crippen molar-refractivity contribution in [3.05, 3.63) is 30.3 Å². The molecule has 0 saturated carbocycles. The lowest BCUT2D eigenvalue weighted by atomic mass is 10.4. The highest BCUT2D eigenvalue weighted by atomic mass is 32.2. The van der Waals surface area contributed by atoms with Gasteiger partial charge in [-0.2, -0.15) is 13.2 Å². The van der Waals surface area contributed by atoms with Crippen LogP contribution in [0.1, 0.15) is 0 Å². The summed E-state index contributed by atoms with van der Waals surface area (Å²) < 4.78 is 58.9. The molecule has 0 spiro atoms. The zero-order valence-electron chi connectivity index (χ0n) is 7.36. The summed E-state index contributed by atoms with van der Waals surface area (Å²) in [6.07, 6.45) is 0. The predicted octanol–water partition coefficient (Wildman–Crippen LogP) is 0.971. The molecule has 1 aromatic carbocycles. The second-order valence-electron chi connectivity index (χ2n) is 2.39. The monoisotopic (exact) mass is 260 g/mol. The summed E-state index contributed by atoms with van der Waals surface area (Å²) in [4.78, 5) is 0. The number of benzene rings is 1. The van der Waals surface area contributed by atoms with Crippen molar-refractivity contribution < 1.29 is 26.1 Å². The van der Waals surface area contributed by atoms with Crippen LogP contribution in [0.3, 0.4) is 0 Å². The van der Waals surface area contributed by atoms with Crippen LogP contribution >= 0.6 is 9.24 Å². The summed E-state index contributed by atoms with van der Waals surface area (Å²) in [7, 11) is -4.19. The minimum Gasteiger partial charge on any atom is -0.741 e. The van der Waals surface area contributed by atoms with E-state index in [9.17, 15) is 13.2 Å². The zero-order chi connectivity index (χ0) is 12.1. The molecule has 1 atom stereocenters. The first-order chi connectivity index (χ1) is 6.64. The van der Waals surface area contributed by atoms with Crippen molar-refractivity contribution in [2.24, 2.45) is 0 Å². The number of alkyl halides is 3. The third-order valence-corrected chi connectivity index (χ3v) is 2.16. The van der Waals surface area contributed by atoms with Gasteiger partial charge in [-0.1, -0.05) is 18.2 Å². The minimum atomic E-state index is -6.09.